The van der Waals surface area contributed by atoms with Gasteiger partial charge in [0, 0.05) is 20.3 Å². The van der Waals surface area contributed by atoms with Crippen molar-refractivity contribution in [2.45, 2.75) is 38.7 Å². The summed E-state index contributed by atoms with van der Waals surface area (Å²) >= 11 is 0. The molecule has 0 aromatic carbocycles. The molecule has 3 unspecified atom stereocenters. The molecule has 16 heavy (non-hydrogen) atoms. The van der Waals surface area contributed by atoms with Gasteiger partial charge in [-0.3, -0.25) is 4.79 Å². The van der Waals surface area contributed by atoms with E-state index < -0.39 is 5.97 Å². The second-order valence-electron chi connectivity index (χ2n) is 4.62. The summed E-state index contributed by atoms with van der Waals surface area (Å²) in [4.78, 5) is 11.1. The molecule has 0 amide bonds. The van der Waals surface area contributed by atoms with Crippen LogP contribution in [0.2, 0.25) is 0 Å². The average Bonchev–Trinajstić information content (AvgIpc) is 2.24. The van der Waals surface area contributed by atoms with Gasteiger partial charge in [-0.25, -0.2) is 0 Å². The van der Waals surface area contributed by atoms with E-state index in [1.165, 1.54) is 0 Å². The molecular formula is C12H22O4. The van der Waals surface area contributed by atoms with Crippen LogP contribution in [-0.2, 0) is 14.3 Å². The smallest absolute Gasteiger partial charge is 0.309 e. The van der Waals surface area contributed by atoms with E-state index in [0.717, 1.165) is 25.7 Å². The molecule has 1 rings (SSSR count). The van der Waals surface area contributed by atoms with E-state index in [1.807, 2.05) is 0 Å². The summed E-state index contributed by atoms with van der Waals surface area (Å²) in [5.74, 6) is -0.467. The molecule has 0 bridgehead atoms. The molecule has 1 N–H and O–H groups in total. The summed E-state index contributed by atoms with van der Waals surface area (Å²) in [6, 6.07) is 0. The van der Waals surface area contributed by atoms with Crippen molar-refractivity contribution in [2.75, 3.05) is 20.3 Å². The predicted molar refractivity (Wildman–Crippen MR) is 60.4 cm³/mol. The highest BCUT2D eigenvalue weighted by Crippen LogP contribution is 2.31. The SMILES string of the molecule is COCCCOC1CC(C)CCC1C(=O)O. The molecule has 0 radical (unpaired) electrons. The van der Waals surface area contributed by atoms with Crippen LogP contribution in [0.4, 0.5) is 0 Å². The maximum Gasteiger partial charge on any atom is 0.309 e. The van der Waals surface area contributed by atoms with Crippen LogP contribution in [0.5, 0.6) is 0 Å². The van der Waals surface area contributed by atoms with Crippen LogP contribution in [0, 0.1) is 11.8 Å². The summed E-state index contributed by atoms with van der Waals surface area (Å²) in [6.45, 7) is 3.42. The van der Waals surface area contributed by atoms with Crippen molar-refractivity contribution in [3.63, 3.8) is 0 Å². The fourth-order valence-electron chi connectivity index (χ4n) is 2.23. The zero-order chi connectivity index (χ0) is 12.0. The Kier molecular flexibility index (Phi) is 5.77. The van der Waals surface area contributed by atoms with Gasteiger partial charge in [0.1, 0.15) is 0 Å². The predicted octanol–water partition coefficient (Wildman–Crippen LogP) is 1.93. The largest absolute Gasteiger partial charge is 0.481 e. The summed E-state index contributed by atoms with van der Waals surface area (Å²) < 4.78 is 10.6. The first-order valence-corrected chi connectivity index (χ1v) is 5.98. The number of carboxylic acid groups (broad SMARTS) is 1. The van der Waals surface area contributed by atoms with Gasteiger partial charge in [0.05, 0.1) is 12.0 Å². The third-order valence-electron chi connectivity index (χ3n) is 3.20. The van der Waals surface area contributed by atoms with Crippen LogP contribution < -0.4 is 0 Å². The van der Waals surface area contributed by atoms with E-state index in [0.29, 0.717) is 19.1 Å². The number of hydrogen-bond donors (Lipinski definition) is 1. The first-order chi connectivity index (χ1) is 7.65. The topological polar surface area (TPSA) is 55.8 Å². The summed E-state index contributed by atoms with van der Waals surface area (Å²) in [7, 11) is 1.66. The van der Waals surface area contributed by atoms with Crippen LogP contribution in [-0.4, -0.2) is 37.5 Å². The molecule has 1 aliphatic carbocycles. The molecule has 0 aliphatic heterocycles. The molecule has 0 aromatic heterocycles. The number of carbonyl (C=O) groups is 1. The quantitative estimate of drug-likeness (QED) is 0.708. The fraction of sp³-hybridized carbons (Fsp3) is 0.917. The Labute approximate surface area is 96.9 Å². The van der Waals surface area contributed by atoms with Crippen molar-refractivity contribution in [1.29, 1.82) is 0 Å². The first-order valence-electron chi connectivity index (χ1n) is 5.98. The maximum absolute atomic E-state index is 11.1. The van der Waals surface area contributed by atoms with E-state index >= 15 is 0 Å². The normalized spacial score (nSPS) is 30.2. The lowest BCUT2D eigenvalue weighted by atomic mass is 9.80. The fourth-order valence-corrected chi connectivity index (χ4v) is 2.23. The van der Waals surface area contributed by atoms with Gasteiger partial charge in [0.25, 0.3) is 0 Å². The van der Waals surface area contributed by atoms with Gasteiger partial charge < -0.3 is 14.6 Å². The highest BCUT2D eigenvalue weighted by molar-refractivity contribution is 5.70. The van der Waals surface area contributed by atoms with Gasteiger partial charge in [-0.05, 0) is 31.6 Å². The average molecular weight is 230 g/mol. The lowest BCUT2D eigenvalue weighted by Gasteiger charge is -2.32. The van der Waals surface area contributed by atoms with E-state index in [9.17, 15) is 4.79 Å². The minimum absolute atomic E-state index is 0.113. The molecule has 0 saturated heterocycles. The Morgan fingerprint density at radius 2 is 2.12 bits per heavy atom. The summed E-state index contributed by atoms with van der Waals surface area (Å²) in [6.07, 6.45) is 3.32. The molecule has 4 heteroatoms. The highest BCUT2D eigenvalue weighted by atomic mass is 16.5. The van der Waals surface area contributed by atoms with E-state index in [1.54, 1.807) is 7.11 Å². The van der Waals surface area contributed by atoms with Crippen LogP contribution in [0.3, 0.4) is 0 Å². The molecule has 0 heterocycles. The zero-order valence-electron chi connectivity index (χ0n) is 10.1. The van der Waals surface area contributed by atoms with Gasteiger partial charge in [-0.2, -0.15) is 0 Å². The van der Waals surface area contributed by atoms with Crippen molar-refractivity contribution in [3.8, 4) is 0 Å². The second-order valence-corrected chi connectivity index (χ2v) is 4.62. The Hall–Kier alpha value is -0.610. The van der Waals surface area contributed by atoms with Crippen LogP contribution in [0.15, 0.2) is 0 Å². The zero-order valence-corrected chi connectivity index (χ0v) is 10.1. The highest BCUT2D eigenvalue weighted by Gasteiger charge is 2.34. The van der Waals surface area contributed by atoms with Gasteiger partial charge >= 0.3 is 5.97 Å². The number of ether oxygens (including phenoxy) is 2. The van der Waals surface area contributed by atoms with Crippen LogP contribution in [0.1, 0.15) is 32.6 Å². The summed E-state index contributed by atoms with van der Waals surface area (Å²) in [5, 5.41) is 9.09. The minimum Gasteiger partial charge on any atom is -0.481 e. The number of methoxy groups -OCH3 is 1. The molecule has 1 aliphatic rings. The lowest BCUT2D eigenvalue weighted by Crippen LogP contribution is -2.36. The van der Waals surface area contributed by atoms with Crippen molar-refractivity contribution in [2.24, 2.45) is 11.8 Å². The van der Waals surface area contributed by atoms with Crippen LogP contribution in [0.25, 0.3) is 0 Å². The Morgan fingerprint density at radius 3 is 2.75 bits per heavy atom. The first kappa shape index (κ1) is 13.5. The Balaban J connectivity index is 2.35. The Bertz CT molecular complexity index is 217. The third kappa shape index (κ3) is 4.10. The molecule has 0 aromatic rings. The molecule has 1 fully saturated rings. The van der Waals surface area contributed by atoms with Crippen molar-refractivity contribution in [1.82, 2.24) is 0 Å². The second kappa shape index (κ2) is 6.86. The molecule has 3 atom stereocenters. The monoisotopic (exact) mass is 230 g/mol. The maximum atomic E-state index is 11.1. The molecule has 0 spiro atoms. The van der Waals surface area contributed by atoms with E-state index in [2.05, 4.69) is 6.92 Å². The van der Waals surface area contributed by atoms with E-state index in [4.69, 9.17) is 14.6 Å². The molecule has 1 saturated carbocycles. The van der Waals surface area contributed by atoms with Gasteiger partial charge in [-0.1, -0.05) is 6.92 Å². The van der Waals surface area contributed by atoms with Crippen LogP contribution >= 0.6 is 0 Å². The van der Waals surface area contributed by atoms with Crippen molar-refractivity contribution >= 4 is 5.97 Å². The van der Waals surface area contributed by atoms with Gasteiger partial charge in [0.2, 0.25) is 0 Å². The number of rotatable bonds is 6. The number of aliphatic carboxylic acids is 1. The molecule has 94 valence electrons. The minimum atomic E-state index is -0.719. The summed E-state index contributed by atoms with van der Waals surface area (Å²) in [5.41, 5.74) is 0. The lowest BCUT2D eigenvalue weighted by molar-refractivity contribution is -0.150. The third-order valence-corrected chi connectivity index (χ3v) is 3.20. The standard InChI is InChI=1S/C12H22O4/c1-9-4-5-10(12(13)14)11(8-9)16-7-3-6-15-2/h9-11H,3-8H2,1-2H3,(H,13,14). The number of hydrogen-bond acceptors (Lipinski definition) is 3. The van der Waals surface area contributed by atoms with Gasteiger partial charge in [-0.15, -0.1) is 0 Å². The molecular weight excluding hydrogens is 208 g/mol. The Morgan fingerprint density at radius 1 is 1.38 bits per heavy atom. The van der Waals surface area contributed by atoms with Crippen molar-refractivity contribution < 1.29 is 19.4 Å². The number of carboxylic acids is 1. The van der Waals surface area contributed by atoms with E-state index in [-0.39, 0.29) is 12.0 Å². The molecule has 4 nitrogen and oxygen atoms in total. The van der Waals surface area contributed by atoms with Gasteiger partial charge in [0.15, 0.2) is 0 Å². The van der Waals surface area contributed by atoms with Crippen molar-refractivity contribution in [3.05, 3.63) is 0 Å².